The number of aliphatic hydroxyl groups excluding tert-OH is 1. The molecule has 1 aromatic heterocycles. The van der Waals surface area contributed by atoms with E-state index in [-0.39, 0.29) is 53.7 Å². The fourth-order valence-electron chi connectivity index (χ4n) is 8.23. The lowest BCUT2D eigenvalue weighted by Crippen LogP contribution is -2.52. The van der Waals surface area contributed by atoms with Crippen molar-refractivity contribution in [2.24, 2.45) is 5.92 Å². The van der Waals surface area contributed by atoms with Gasteiger partial charge in [-0.2, -0.15) is 0 Å². The quantitative estimate of drug-likeness (QED) is 0.374. The van der Waals surface area contributed by atoms with Crippen molar-refractivity contribution in [3.63, 3.8) is 0 Å². The highest BCUT2D eigenvalue weighted by Crippen LogP contribution is 2.60. The Labute approximate surface area is 270 Å². The number of likely N-dealkylation sites (N-methyl/N-ethyl adjacent to an activating group) is 1. The first-order chi connectivity index (χ1) is 22.0. The SMILES string of the molecule is COc1ccc([Si](C)(C)[C@H]2[C@H](CC(=O)N3CCC[C@H]3CO)O[C@@]3(C(=O)N(C)c4ccc(-n5cccc(OC)c5=O)cc43)[C@@H]2C)cc1. The Morgan fingerprint density at radius 1 is 1.09 bits per heavy atom. The van der Waals surface area contributed by atoms with E-state index in [1.165, 1.54) is 16.9 Å². The van der Waals surface area contributed by atoms with Crippen LogP contribution in [-0.2, 0) is 19.9 Å². The topological polar surface area (TPSA) is 111 Å². The van der Waals surface area contributed by atoms with Gasteiger partial charge in [0, 0.05) is 37.0 Å². The van der Waals surface area contributed by atoms with Gasteiger partial charge < -0.3 is 29.1 Å². The van der Waals surface area contributed by atoms with Crippen LogP contribution in [-0.4, -0.2) is 81.0 Å². The summed E-state index contributed by atoms with van der Waals surface area (Å²) in [5.41, 5.74) is 0.212. The van der Waals surface area contributed by atoms with Gasteiger partial charge in [-0.3, -0.25) is 19.0 Å². The molecule has 0 bridgehead atoms. The zero-order valence-electron chi connectivity index (χ0n) is 27.4. The van der Waals surface area contributed by atoms with Crippen molar-refractivity contribution in [2.45, 2.75) is 62.6 Å². The van der Waals surface area contributed by atoms with Crippen LogP contribution in [0.5, 0.6) is 11.5 Å². The van der Waals surface area contributed by atoms with Crippen LogP contribution in [0.1, 0.15) is 31.7 Å². The van der Waals surface area contributed by atoms with Crippen LogP contribution in [0.15, 0.2) is 65.6 Å². The van der Waals surface area contributed by atoms with Gasteiger partial charge in [0.15, 0.2) is 11.4 Å². The number of aliphatic hydroxyl groups is 1. The van der Waals surface area contributed by atoms with E-state index >= 15 is 0 Å². The normalized spacial score (nSPS) is 25.8. The van der Waals surface area contributed by atoms with Crippen molar-refractivity contribution in [2.75, 3.05) is 39.3 Å². The van der Waals surface area contributed by atoms with Gasteiger partial charge in [-0.1, -0.05) is 37.3 Å². The summed E-state index contributed by atoms with van der Waals surface area (Å²) in [5.74, 6) is 0.434. The zero-order valence-corrected chi connectivity index (χ0v) is 28.4. The maximum Gasteiger partial charge on any atom is 0.297 e. The molecule has 3 aromatic rings. The number of carbonyl (C=O) groups excluding carboxylic acids is 2. The van der Waals surface area contributed by atoms with Crippen LogP contribution in [0.4, 0.5) is 5.69 Å². The molecule has 2 amide bonds. The van der Waals surface area contributed by atoms with E-state index < -0.39 is 19.8 Å². The highest BCUT2D eigenvalue weighted by molar-refractivity contribution is 6.91. The number of anilines is 1. The highest BCUT2D eigenvalue weighted by Gasteiger charge is 2.66. The maximum absolute atomic E-state index is 14.5. The van der Waals surface area contributed by atoms with Gasteiger partial charge >= 0.3 is 0 Å². The lowest BCUT2D eigenvalue weighted by atomic mass is 9.82. The summed E-state index contributed by atoms with van der Waals surface area (Å²) in [4.78, 5) is 45.0. The third-order valence-electron chi connectivity index (χ3n) is 10.6. The first kappa shape index (κ1) is 32.0. The van der Waals surface area contributed by atoms with Gasteiger partial charge in [-0.25, -0.2) is 0 Å². The lowest BCUT2D eigenvalue weighted by molar-refractivity contribution is -0.149. The number of benzene rings is 2. The number of ether oxygens (including phenoxy) is 3. The van der Waals surface area contributed by atoms with Crippen molar-refractivity contribution < 1.29 is 28.9 Å². The van der Waals surface area contributed by atoms with Crippen molar-refractivity contribution in [3.05, 3.63) is 76.7 Å². The number of hydrogen-bond donors (Lipinski definition) is 1. The van der Waals surface area contributed by atoms with Crippen LogP contribution < -0.4 is 25.1 Å². The van der Waals surface area contributed by atoms with Crippen molar-refractivity contribution in [3.8, 4) is 17.2 Å². The summed E-state index contributed by atoms with van der Waals surface area (Å²) >= 11 is 0. The second kappa shape index (κ2) is 12.0. The number of aromatic nitrogens is 1. The van der Waals surface area contributed by atoms with E-state index in [0.717, 1.165) is 18.6 Å². The molecular formula is C35H43N3O7Si. The summed E-state index contributed by atoms with van der Waals surface area (Å²) in [6.07, 6.45) is 2.86. The fourth-order valence-corrected chi connectivity index (χ4v) is 12.2. The predicted octanol–water partition coefficient (Wildman–Crippen LogP) is 3.42. The Hall–Kier alpha value is -3.93. The number of likely N-dealkylation sites (tertiary alicyclic amines) is 1. The van der Waals surface area contributed by atoms with Crippen molar-refractivity contribution in [1.82, 2.24) is 9.47 Å². The Kier molecular flexibility index (Phi) is 8.37. The third-order valence-corrected chi connectivity index (χ3v) is 15.0. The van der Waals surface area contributed by atoms with Gasteiger partial charge in [0.25, 0.3) is 11.5 Å². The number of methoxy groups -OCH3 is 2. The molecule has 2 saturated heterocycles. The van der Waals surface area contributed by atoms with Gasteiger partial charge in [0.1, 0.15) is 5.75 Å². The average Bonchev–Trinajstić information content (AvgIpc) is 3.72. The van der Waals surface area contributed by atoms with Gasteiger partial charge in [-0.15, -0.1) is 0 Å². The van der Waals surface area contributed by atoms with E-state index in [4.69, 9.17) is 14.2 Å². The van der Waals surface area contributed by atoms with Crippen LogP contribution in [0, 0.1) is 5.92 Å². The molecule has 244 valence electrons. The number of nitrogens with zero attached hydrogens (tertiary/aromatic N) is 3. The molecule has 2 aromatic carbocycles. The van der Waals surface area contributed by atoms with Crippen molar-refractivity contribution in [1.29, 1.82) is 0 Å². The highest BCUT2D eigenvalue weighted by atomic mass is 28.3. The molecule has 0 radical (unpaired) electrons. The molecule has 10 nitrogen and oxygen atoms in total. The zero-order chi connectivity index (χ0) is 33.0. The van der Waals surface area contributed by atoms with Crippen LogP contribution in [0.2, 0.25) is 18.6 Å². The molecule has 0 aliphatic carbocycles. The second-order valence-corrected chi connectivity index (χ2v) is 17.9. The van der Waals surface area contributed by atoms with Gasteiger partial charge in [0.05, 0.1) is 53.2 Å². The average molecular weight is 646 g/mol. The fraction of sp³-hybridized carbons (Fsp3) is 0.457. The summed E-state index contributed by atoms with van der Waals surface area (Å²) in [5, 5.41) is 11.1. The third kappa shape index (κ3) is 4.87. The molecule has 46 heavy (non-hydrogen) atoms. The minimum absolute atomic E-state index is 0.0639. The molecule has 4 heterocycles. The molecule has 1 N–H and O–H groups in total. The van der Waals surface area contributed by atoms with Crippen LogP contribution in [0.3, 0.4) is 0 Å². The molecule has 0 unspecified atom stereocenters. The van der Waals surface area contributed by atoms with E-state index in [2.05, 4.69) is 32.2 Å². The van der Waals surface area contributed by atoms with E-state index in [0.29, 0.717) is 23.5 Å². The number of hydrogen-bond acceptors (Lipinski definition) is 7. The van der Waals surface area contributed by atoms with Crippen molar-refractivity contribution >= 4 is 30.8 Å². The number of carbonyl (C=O) groups is 2. The molecule has 0 saturated carbocycles. The molecule has 3 aliphatic rings. The second-order valence-electron chi connectivity index (χ2n) is 13.2. The Morgan fingerprint density at radius 2 is 1.83 bits per heavy atom. The number of amides is 2. The standard InChI is InChI=1S/C35H43N3O7Si/c1-22-32(46(5,6)26-14-12-25(43-3)13-15-26)30(20-31(40)37-17-7-9-24(37)21-39)45-35(22)27-19-23(11-16-28(27)36(2)34(35)42)38-18-8-10-29(44-4)33(38)41/h8,10-16,18-19,22,24,30,32,39H,7,9,17,20-21H2,1-6H3/t22-,24+,30+,32-,35+/m1/s1. The summed E-state index contributed by atoms with van der Waals surface area (Å²) < 4.78 is 19.3. The van der Waals surface area contributed by atoms with Crippen LogP contribution in [0.25, 0.3) is 5.69 Å². The van der Waals surface area contributed by atoms with E-state index in [1.807, 2.05) is 30.3 Å². The molecular weight excluding hydrogens is 602 g/mol. The molecule has 5 atom stereocenters. The summed E-state index contributed by atoms with van der Waals surface area (Å²) in [6, 6.07) is 16.8. The first-order valence-corrected chi connectivity index (χ1v) is 19.0. The molecule has 1 spiro atoms. The monoisotopic (exact) mass is 645 g/mol. The number of fused-ring (bicyclic) bond motifs is 2. The molecule has 2 fully saturated rings. The van der Waals surface area contributed by atoms with Gasteiger partial charge in [-0.05, 0) is 60.8 Å². The summed E-state index contributed by atoms with van der Waals surface area (Å²) in [6.45, 7) is 7.16. The van der Waals surface area contributed by atoms with E-state index in [9.17, 15) is 19.5 Å². The van der Waals surface area contributed by atoms with E-state index in [1.54, 1.807) is 42.3 Å². The minimum Gasteiger partial charge on any atom is -0.497 e. The Morgan fingerprint density at radius 3 is 2.50 bits per heavy atom. The maximum atomic E-state index is 14.5. The Bertz CT molecular complexity index is 1710. The smallest absolute Gasteiger partial charge is 0.297 e. The van der Waals surface area contributed by atoms with Crippen LogP contribution >= 0.6 is 0 Å². The first-order valence-electron chi connectivity index (χ1n) is 15.9. The lowest BCUT2D eigenvalue weighted by Gasteiger charge is -2.37. The summed E-state index contributed by atoms with van der Waals surface area (Å²) in [7, 11) is 2.40. The minimum atomic E-state index is -2.45. The molecule has 3 aliphatic heterocycles. The Balaban J connectivity index is 1.48. The number of rotatable bonds is 8. The number of pyridine rings is 1. The molecule has 11 heteroatoms. The predicted molar refractivity (Wildman–Crippen MR) is 178 cm³/mol. The largest absolute Gasteiger partial charge is 0.497 e. The molecule has 6 rings (SSSR count). The van der Waals surface area contributed by atoms with Gasteiger partial charge in [0.2, 0.25) is 5.91 Å².